The van der Waals surface area contributed by atoms with Gasteiger partial charge in [-0.1, -0.05) is 31.0 Å². The highest BCUT2D eigenvalue weighted by Crippen LogP contribution is 2.22. The summed E-state index contributed by atoms with van der Waals surface area (Å²) < 4.78 is 16.7. The van der Waals surface area contributed by atoms with Crippen molar-refractivity contribution >= 4 is 12.1 Å². The Morgan fingerprint density at radius 3 is 2.46 bits per heavy atom. The zero-order valence-electron chi connectivity index (χ0n) is 17.0. The quantitative estimate of drug-likeness (QED) is 0.766. The molecule has 156 valence electrons. The third-order valence-corrected chi connectivity index (χ3v) is 4.38. The number of cyclic esters (lactones) is 1. The van der Waals surface area contributed by atoms with Crippen molar-refractivity contribution in [2.45, 2.75) is 83.3 Å². The molecule has 7 nitrogen and oxygen atoms in total. The molecule has 0 saturated carbocycles. The number of alkyl carbamates (subject to hydrolysis) is 1. The van der Waals surface area contributed by atoms with Gasteiger partial charge < -0.3 is 24.6 Å². The highest BCUT2D eigenvalue weighted by molar-refractivity contribution is 5.81. The van der Waals surface area contributed by atoms with Crippen molar-refractivity contribution in [2.24, 2.45) is 0 Å². The van der Waals surface area contributed by atoms with Crippen LogP contribution in [0.4, 0.5) is 4.79 Å². The molecule has 4 atom stereocenters. The summed E-state index contributed by atoms with van der Waals surface area (Å²) in [7, 11) is 0. The molecule has 1 aliphatic heterocycles. The van der Waals surface area contributed by atoms with Crippen molar-refractivity contribution in [3.8, 4) is 5.75 Å². The molecule has 1 aliphatic rings. The van der Waals surface area contributed by atoms with Crippen molar-refractivity contribution < 1.29 is 28.9 Å². The molecule has 1 aromatic carbocycles. The lowest BCUT2D eigenvalue weighted by atomic mass is 9.99. The molecule has 28 heavy (non-hydrogen) atoms. The number of ether oxygens (including phenoxy) is 3. The first kappa shape index (κ1) is 22.0. The van der Waals surface area contributed by atoms with Crippen molar-refractivity contribution in [1.29, 1.82) is 0 Å². The Balaban J connectivity index is 2.07. The summed E-state index contributed by atoms with van der Waals surface area (Å²) in [6.07, 6.45) is -0.535. The third-order valence-electron chi connectivity index (χ3n) is 4.38. The van der Waals surface area contributed by atoms with Gasteiger partial charge in [0.2, 0.25) is 0 Å². The minimum absolute atomic E-state index is 0.418. The number of rotatable bonds is 3. The summed E-state index contributed by atoms with van der Waals surface area (Å²) in [6, 6.07) is 8.30. The third kappa shape index (κ3) is 7.03. The van der Waals surface area contributed by atoms with Gasteiger partial charge in [-0.15, -0.1) is 0 Å². The van der Waals surface area contributed by atoms with Gasteiger partial charge in [0.1, 0.15) is 23.5 Å². The molecule has 2 rings (SSSR count). The van der Waals surface area contributed by atoms with Gasteiger partial charge in [-0.05, 0) is 52.7 Å². The second-order valence-electron chi connectivity index (χ2n) is 8.09. The van der Waals surface area contributed by atoms with Crippen LogP contribution in [0, 0.1) is 0 Å². The Bertz CT molecular complexity index is 642. The predicted molar refractivity (Wildman–Crippen MR) is 104 cm³/mol. The summed E-state index contributed by atoms with van der Waals surface area (Å²) >= 11 is 0. The molecule has 1 saturated heterocycles. The van der Waals surface area contributed by atoms with E-state index in [1.807, 2.05) is 18.2 Å². The van der Waals surface area contributed by atoms with Crippen LogP contribution in [0.25, 0.3) is 0 Å². The van der Waals surface area contributed by atoms with E-state index in [9.17, 15) is 14.7 Å². The topological polar surface area (TPSA) is 94.1 Å². The number of carbonyl (C=O) groups excluding carboxylic acids is 2. The number of aliphatic hydroxyl groups excluding tert-OH is 1. The van der Waals surface area contributed by atoms with Gasteiger partial charge in [0.05, 0.1) is 6.10 Å². The van der Waals surface area contributed by atoms with Gasteiger partial charge in [-0.25, -0.2) is 9.59 Å². The molecular formula is C21H31NO6. The average Bonchev–Trinajstić information content (AvgIpc) is 2.60. The van der Waals surface area contributed by atoms with Crippen LogP contribution in [0.5, 0.6) is 5.75 Å². The van der Waals surface area contributed by atoms with Crippen LogP contribution in [0.1, 0.15) is 53.4 Å². The first-order valence-electron chi connectivity index (χ1n) is 9.75. The number of amides is 1. The van der Waals surface area contributed by atoms with E-state index in [4.69, 9.17) is 14.2 Å². The number of para-hydroxylation sites is 1. The number of esters is 1. The van der Waals surface area contributed by atoms with Gasteiger partial charge in [-0.3, -0.25) is 0 Å². The number of carbonyl (C=O) groups is 2. The first-order chi connectivity index (χ1) is 13.2. The van der Waals surface area contributed by atoms with Gasteiger partial charge in [-0.2, -0.15) is 0 Å². The molecular weight excluding hydrogens is 362 g/mol. The lowest BCUT2D eigenvalue weighted by molar-refractivity contribution is -0.160. The van der Waals surface area contributed by atoms with E-state index in [2.05, 4.69) is 5.32 Å². The summed E-state index contributed by atoms with van der Waals surface area (Å²) in [4.78, 5) is 24.7. The first-order valence-corrected chi connectivity index (χ1v) is 9.75. The number of hydrogen-bond donors (Lipinski definition) is 2. The molecule has 0 aliphatic carbocycles. The Labute approximate surface area is 166 Å². The molecule has 7 heteroatoms. The average molecular weight is 393 g/mol. The van der Waals surface area contributed by atoms with Crippen LogP contribution in [0.3, 0.4) is 0 Å². The maximum Gasteiger partial charge on any atom is 0.408 e. The van der Waals surface area contributed by atoms with Gasteiger partial charge >= 0.3 is 12.1 Å². The van der Waals surface area contributed by atoms with E-state index in [1.54, 1.807) is 39.8 Å². The Morgan fingerprint density at radius 1 is 1.18 bits per heavy atom. The van der Waals surface area contributed by atoms with Crippen molar-refractivity contribution in [1.82, 2.24) is 5.32 Å². The van der Waals surface area contributed by atoms with Gasteiger partial charge in [0.15, 0.2) is 6.10 Å². The summed E-state index contributed by atoms with van der Waals surface area (Å²) in [6.45, 7) is 6.95. The fourth-order valence-corrected chi connectivity index (χ4v) is 3.04. The van der Waals surface area contributed by atoms with Crippen LogP contribution >= 0.6 is 0 Å². The van der Waals surface area contributed by atoms with E-state index >= 15 is 0 Å². The highest BCUT2D eigenvalue weighted by atomic mass is 16.6. The van der Waals surface area contributed by atoms with Crippen LogP contribution in [-0.4, -0.2) is 47.1 Å². The van der Waals surface area contributed by atoms with E-state index in [1.165, 1.54) is 0 Å². The fourth-order valence-electron chi connectivity index (χ4n) is 3.04. The monoisotopic (exact) mass is 393 g/mol. The number of hydrogen-bond acceptors (Lipinski definition) is 6. The second kappa shape index (κ2) is 9.78. The van der Waals surface area contributed by atoms with Crippen molar-refractivity contribution in [3.63, 3.8) is 0 Å². The van der Waals surface area contributed by atoms with Gasteiger partial charge in [0, 0.05) is 0 Å². The van der Waals surface area contributed by atoms with E-state index in [0.717, 1.165) is 0 Å². The molecule has 0 radical (unpaired) electrons. The van der Waals surface area contributed by atoms with Crippen molar-refractivity contribution in [3.05, 3.63) is 30.3 Å². The lowest BCUT2D eigenvalue weighted by Crippen LogP contribution is -2.49. The molecule has 1 fully saturated rings. The van der Waals surface area contributed by atoms with Crippen molar-refractivity contribution in [2.75, 3.05) is 0 Å². The maximum absolute atomic E-state index is 12.6. The highest BCUT2D eigenvalue weighted by Gasteiger charge is 2.34. The zero-order chi connectivity index (χ0) is 20.7. The van der Waals surface area contributed by atoms with E-state index < -0.39 is 42.0 Å². The predicted octanol–water partition coefficient (Wildman–Crippen LogP) is 3.19. The largest absolute Gasteiger partial charge is 0.484 e. The maximum atomic E-state index is 12.6. The zero-order valence-corrected chi connectivity index (χ0v) is 17.0. The van der Waals surface area contributed by atoms with Crippen LogP contribution in [-0.2, 0) is 14.3 Å². The molecule has 1 aromatic rings. The smallest absolute Gasteiger partial charge is 0.408 e. The molecule has 0 bridgehead atoms. The molecule has 0 aromatic heterocycles. The normalized spacial score (nSPS) is 26.7. The second-order valence-corrected chi connectivity index (χ2v) is 8.09. The summed E-state index contributed by atoms with van der Waals surface area (Å²) in [5, 5.41) is 13.1. The molecule has 0 spiro atoms. The summed E-state index contributed by atoms with van der Waals surface area (Å²) in [5.74, 6) is 0.0315. The number of benzene rings is 1. The van der Waals surface area contributed by atoms with E-state index in [-0.39, 0.29) is 0 Å². The SMILES string of the molecule is C[C@@H]1OC(=O)[C@@H](NC(=O)OC(C)(C)C)CCCC[C@H](O)[C@H]1Oc1ccccc1. The minimum atomic E-state index is -0.801. The van der Waals surface area contributed by atoms with Crippen LogP contribution < -0.4 is 10.1 Å². The molecule has 1 heterocycles. The number of nitrogens with one attached hydrogen (secondary N) is 1. The fraction of sp³-hybridized carbons (Fsp3) is 0.619. The van der Waals surface area contributed by atoms with Crippen LogP contribution in [0.15, 0.2) is 30.3 Å². The Kier molecular flexibility index (Phi) is 7.69. The molecule has 1 amide bonds. The Morgan fingerprint density at radius 2 is 1.82 bits per heavy atom. The van der Waals surface area contributed by atoms with Gasteiger partial charge in [0.25, 0.3) is 0 Å². The number of aliphatic hydroxyl groups is 1. The minimum Gasteiger partial charge on any atom is -0.484 e. The van der Waals surface area contributed by atoms with Crippen LogP contribution in [0.2, 0.25) is 0 Å². The molecule has 2 N–H and O–H groups in total. The summed E-state index contributed by atoms with van der Waals surface area (Å²) in [5.41, 5.74) is -0.657. The molecule has 0 unspecified atom stereocenters. The standard InChI is InChI=1S/C21H31NO6/c1-14-18(27-15-10-6-5-7-11-15)17(23)13-9-8-12-16(19(24)26-14)22-20(25)28-21(2,3)4/h5-7,10-11,14,16-18,23H,8-9,12-13H2,1-4H3,(H,22,25)/t14-,16-,17-,18-/m0/s1. The Hall–Kier alpha value is -2.28. The van der Waals surface area contributed by atoms with E-state index in [0.29, 0.717) is 31.4 Å². The lowest BCUT2D eigenvalue weighted by Gasteiger charge is -2.31.